The lowest BCUT2D eigenvalue weighted by Crippen LogP contribution is -2.27. The predicted octanol–water partition coefficient (Wildman–Crippen LogP) is 6.41. The first kappa shape index (κ1) is 22.2. The lowest BCUT2D eigenvalue weighted by molar-refractivity contribution is -0.122. The lowest BCUT2D eigenvalue weighted by atomic mass is 10.1. The van der Waals surface area contributed by atoms with Gasteiger partial charge in [0.2, 0.25) is 0 Å². The maximum Gasteiger partial charge on any atom is 0.293 e. The Morgan fingerprint density at radius 2 is 1.88 bits per heavy atom. The number of imide groups is 1. The van der Waals surface area contributed by atoms with Crippen LogP contribution in [0.1, 0.15) is 11.1 Å². The monoisotopic (exact) mass is 509 g/mol. The number of nitrogens with zero attached hydrogens (tertiary/aromatic N) is 1. The summed E-state index contributed by atoms with van der Waals surface area (Å²) in [6.45, 7) is 4.15. The molecule has 32 heavy (non-hydrogen) atoms. The topological polar surface area (TPSA) is 55.8 Å². The molecule has 1 heterocycles. The first-order valence-electron chi connectivity index (χ1n) is 9.84. The van der Waals surface area contributed by atoms with Gasteiger partial charge >= 0.3 is 0 Å². The van der Waals surface area contributed by atoms with Crippen LogP contribution in [0.3, 0.4) is 0 Å². The van der Waals surface area contributed by atoms with Crippen LogP contribution in [-0.2, 0) is 11.4 Å². The van der Waals surface area contributed by atoms with E-state index in [9.17, 15) is 9.59 Å². The van der Waals surface area contributed by atoms with Gasteiger partial charge in [-0.25, -0.2) is 0 Å². The first-order valence-corrected chi connectivity index (χ1v) is 11.5. The van der Waals surface area contributed by atoms with Crippen LogP contribution in [0.5, 0.6) is 11.5 Å². The number of rotatable bonds is 7. The molecule has 1 aliphatic rings. The van der Waals surface area contributed by atoms with Gasteiger partial charge in [0.25, 0.3) is 11.1 Å². The number of hydrogen-bond donors (Lipinski definition) is 0. The molecule has 1 fully saturated rings. The molecule has 0 N–H and O–H groups in total. The summed E-state index contributed by atoms with van der Waals surface area (Å²) in [4.78, 5) is 26.0. The van der Waals surface area contributed by atoms with E-state index in [1.165, 1.54) is 11.5 Å². The van der Waals surface area contributed by atoms with Crippen molar-refractivity contribution in [2.24, 2.45) is 0 Å². The van der Waals surface area contributed by atoms with Crippen LogP contribution in [0, 0.1) is 0 Å². The molecular formula is C25H20BrNO4S. The van der Waals surface area contributed by atoms with Crippen molar-refractivity contribution in [3.63, 3.8) is 0 Å². The average molecular weight is 510 g/mol. The van der Waals surface area contributed by atoms with Gasteiger partial charge in [0.1, 0.15) is 6.61 Å². The molecule has 2 amide bonds. The fraction of sp³-hybridized carbons (Fsp3) is 0.120. The summed E-state index contributed by atoms with van der Waals surface area (Å²) < 4.78 is 12.3. The van der Waals surface area contributed by atoms with E-state index in [0.29, 0.717) is 27.5 Å². The zero-order valence-corrected chi connectivity index (χ0v) is 19.7. The van der Waals surface area contributed by atoms with E-state index < -0.39 is 0 Å². The highest BCUT2D eigenvalue weighted by Crippen LogP contribution is 2.39. The predicted molar refractivity (Wildman–Crippen MR) is 132 cm³/mol. The van der Waals surface area contributed by atoms with Gasteiger partial charge in [-0.2, -0.15) is 0 Å². The van der Waals surface area contributed by atoms with Gasteiger partial charge in [-0.1, -0.05) is 42.5 Å². The Kier molecular flexibility index (Phi) is 6.67. The molecule has 0 atom stereocenters. The molecule has 0 bridgehead atoms. The van der Waals surface area contributed by atoms with Crippen LogP contribution in [0.4, 0.5) is 4.79 Å². The highest BCUT2D eigenvalue weighted by Gasteiger charge is 2.34. The van der Waals surface area contributed by atoms with E-state index in [1.807, 2.05) is 24.3 Å². The Morgan fingerprint density at radius 3 is 2.62 bits per heavy atom. The van der Waals surface area contributed by atoms with Crippen molar-refractivity contribution < 1.29 is 19.1 Å². The molecule has 0 aromatic heterocycles. The number of carbonyl (C=O) groups is 2. The van der Waals surface area contributed by atoms with Crippen molar-refractivity contribution in [2.45, 2.75) is 6.61 Å². The third-order valence-corrected chi connectivity index (χ3v) is 6.43. The van der Waals surface area contributed by atoms with E-state index in [0.717, 1.165) is 33.2 Å². The molecule has 3 aromatic carbocycles. The molecule has 0 radical (unpaired) electrons. The molecule has 5 nitrogen and oxygen atoms in total. The number of ether oxygens (including phenoxy) is 2. The molecular weight excluding hydrogens is 490 g/mol. The number of thioether (sulfide) groups is 1. The van der Waals surface area contributed by atoms with E-state index in [1.54, 1.807) is 19.3 Å². The zero-order valence-electron chi connectivity index (χ0n) is 17.3. The average Bonchev–Trinajstić information content (AvgIpc) is 3.05. The minimum absolute atomic E-state index is 0.191. The Bertz CT molecular complexity index is 1250. The van der Waals surface area contributed by atoms with Gasteiger partial charge in [0, 0.05) is 6.54 Å². The number of amides is 2. The highest BCUT2D eigenvalue weighted by atomic mass is 79.9. The molecule has 0 saturated carbocycles. The quantitative estimate of drug-likeness (QED) is 0.272. The summed E-state index contributed by atoms with van der Waals surface area (Å²) in [5.74, 6) is 0.765. The molecule has 0 spiro atoms. The van der Waals surface area contributed by atoms with Crippen LogP contribution < -0.4 is 9.47 Å². The van der Waals surface area contributed by atoms with Crippen molar-refractivity contribution in [1.29, 1.82) is 0 Å². The van der Waals surface area contributed by atoms with E-state index in [2.05, 4.69) is 46.8 Å². The van der Waals surface area contributed by atoms with Gasteiger partial charge in [0.15, 0.2) is 11.5 Å². The number of benzene rings is 3. The minimum Gasteiger partial charge on any atom is -0.493 e. The lowest BCUT2D eigenvalue weighted by Gasteiger charge is -2.14. The van der Waals surface area contributed by atoms with E-state index >= 15 is 0 Å². The number of carbonyl (C=O) groups excluding carboxylic acids is 2. The molecule has 0 unspecified atom stereocenters. The van der Waals surface area contributed by atoms with Crippen molar-refractivity contribution in [3.8, 4) is 11.5 Å². The summed E-state index contributed by atoms with van der Waals surface area (Å²) in [6, 6.07) is 18.0. The Labute approximate surface area is 198 Å². The Hall–Kier alpha value is -3.03. The van der Waals surface area contributed by atoms with Crippen LogP contribution in [-0.4, -0.2) is 29.7 Å². The molecule has 162 valence electrons. The molecule has 1 saturated heterocycles. The third kappa shape index (κ3) is 4.59. The van der Waals surface area contributed by atoms with Crippen molar-refractivity contribution in [3.05, 3.63) is 87.8 Å². The Balaban J connectivity index is 1.56. The smallest absolute Gasteiger partial charge is 0.293 e. The fourth-order valence-corrected chi connectivity index (χ4v) is 4.81. The van der Waals surface area contributed by atoms with Gasteiger partial charge in [0.05, 0.1) is 16.5 Å². The standard InChI is InChI=1S/C25H20BrNO4S/c1-3-10-27-24(28)22(32-25(27)29)14-17-12-20(26)23(21(13-17)30-2)31-15-16-8-9-18-6-4-5-7-19(18)11-16/h3-9,11-14H,1,10,15H2,2H3/b22-14+. The van der Waals surface area contributed by atoms with Crippen molar-refractivity contribution in [1.82, 2.24) is 4.90 Å². The van der Waals surface area contributed by atoms with Crippen molar-refractivity contribution in [2.75, 3.05) is 13.7 Å². The molecule has 4 rings (SSSR count). The van der Waals surface area contributed by atoms with E-state index in [-0.39, 0.29) is 17.7 Å². The maximum atomic E-state index is 12.5. The van der Waals surface area contributed by atoms with Crippen molar-refractivity contribution >= 4 is 55.7 Å². The first-order chi connectivity index (χ1) is 15.5. The van der Waals surface area contributed by atoms with Gasteiger partial charge in [-0.05, 0) is 73.9 Å². The largest absolute Gasteiger partial charge is 0.493 e. The summed E-state index contributed by atoms with van der Waals surface area (Å²) in [6.07, 6.45) is 3.20. The second kappa shape index (κ2) is 9.63. The molecule has 3 aromatic rings. The van der Waals surface area contributed by atoms with Gasteiger partial charge < -0.3 is 9.47 Å². The van der Waals surface area contributed by atoms with Crippen LogP contribution in [0.15, 0.2) is 76.6 Å². The zero-order chi connectivity index (χ0) is 22.7. The highest BCUT2D eigenvalue weighted by molar-refractivity contribution is 9.10. The van der Waals surface area contributed by atoms with Gasteiger partial charge in [-0.15, -0.1) is 6.58 Å². The van der Waals surface area contributed by atoms with Gasteiger partial charge in [-0.3, -0.25) is 14.5 Å². The fourth-order valence-electron chi connectivity index (χ4n) is 3.39. The van der Waals surface area contributed by atoms with Crippen LogP contribution in [0.2, 0.25) is 0 Å². The molecule has 1 aliphatic heterocycles. The summed E-state index contributed by atoms with van der Waals surface area (Å²) in [5, 5.41) is 2.03. The minimum atomic E-state index is -0.327. The molecule has 7 heteroatoms. The second-order valence-electron chi connectivity index (χ2n) is 7.09. The van der Waals surface area contributed by atoms with Crippen LogP contribution >= 0.6 is 27.7 Å². The number of hydrogen-bond acceptors (Lipinski definition) is 5. The number of methoxy groups -OCH3 is 1. The van der Waals surface area contributed by atoms with E-state index in [4.69, 9.17) is 9.47 Å². The summed E-state index contributed by atoms with van der Waals surface area (Å²) in [7, 11) is 1.56. The third-order valence-electron chi connectivity index (χ3n) is 4.93. The summed E-state index contributed by atoms with van der Waals surface area (Å²) in [5.41, 5.74) is 1.76. The summed E-state index contributed by atoms with van der Waals surface area (Å²) >= 11 is 4.46. The SMILES string of the molecule is C=CCN1C(=O)S/C(=C/c2cc(Br)c(OCc3ccc4ccccc4c3)c(OC)c2)C1=O. The normalized spacial score (nSPS) is 14.9. The van der Waals surface area contributed by atoms with Crippen LogP contribution in [0.25, 0.3) is 16.8 Å². The second-order valence-corrected chi connectivity index (χ2v) is 8.93. The molecule has 0 aliphatic carbocycles. The number of fused-ring (bicyclic) bond motifs is 1. The number of halogens is 1. The maximum absolute atomic E-state index is 12.5. The Morgan fingerprint density at radius 1 is 1.09 bits per heavy atom.